The van der Waals surface area contributed by atoms with Crippen molar-refractivity contribution < 1.29 is 14.7 Å². The van der Waals surface area contributed by atoms with E-state index in [-0.39, 0.29) is 5.91 Å². The predicted octanol–water partition coefficient (Wildman–Crippen LogP) is 2.42. The molecule has 0 radical (unpaired) electrons. The quantitative estimate of drug-likeness (QED) is 0.911. The van der Waals surface area contributed by atoms with Gasteiger partial charge in [-0.3, -0.25) is 9.59 Å². The van der Waals surface area contributed by atoms with E-state index in [2.05, 4.69) is 6.92 Å². The lowest BCUT2D eigenvalue weighted by atomic mass is 9.88. The molecule has 1 aromatic heterocycles. The summed E-state index contributed by atoms with van der Waals surface area (Å²) < 4.78 is 0. The van der Waals surface area contributed by atoms with Gasteiger partial charge in [-0.25, -0.2) is 0 Å². The van der Waals surface area contributed by atoms with E-state index in [1.165, 1.54) is 10.4 Å². The van der Waals surface area contributed by atoms with Crippen LogP contribution in [-0.2, 0) is 17.6 Å². The van der Waals surface area contributed by atoms with E-state index in [9.17, 15) is 9.59 Å². The second-order valence-corrected chi connectivity index (χ2v) is 6.94. The molecule has 4 nitrogen and oxygen atoms in total. The Labute approximate surface area is 122 Å². The van der Waals surface area contributed by atoms with E-state index >= 15 is 0 Å². The maximum atomic E-state index is 12.6. The van der Waals surface area contributed by atoms with Gasteiger partial charge in [0.15, 0.2) is 0 Å². The number of nitrogens with zero attached hydrogens (tertiary/aromatic N) is 1. The van der Waals surface area contributed by atoms with E-state index in [4.69, 9.17) is 5.11 Å². The van der Waals surface area contributed by atoms with Gasteiger partial charge in [0.25, 0.3) is 5.91 Å². The Morgan fingerprint density at radius 3 is 2.90 bits per heavy atom. The standard InChI is InChI=1S/C15H19NO3S/c1-9-2-3-11-12(8-20-13(11)6-9)14(17)16-5-4-10(7-16)15(18)19/h8-10H,2-7H2,1H3,(H,18,19)/t9-,10-/m1/s1. The molecule has 2 heterocycles. The zero-order chi connectivity index (χ0) is 14.3. The summed E-state index contributed by atoms with van der Waals surface area (Å²) in [5, 5.41) is 11.0. The second kappa shape index (κ2) is 5.20. The lowest BCUT2D eigenvalue weighted by Gasteiger charge is -2.21. The van der Waals surface area contributed by atoms with Crippen LogP contribution < -0.4 is 0 Å². The minimum absolute atomic E-state index is 0.0285. The molecule has 1 N–H and O–H groups in total. The normalized spacial score (nSPS) is 25.6. The Balaban J connectivity index is 1.77. The number of fused-ring (bicyclic) bond motifs is 1. The van der Waals surface area contributed by atoms with Gasteiger partial charge in [-0.1, -0.05) is 6.92 Å². The Kier molecular flexibility index (Phi) is 3.54. The zero-order valence-electron chi connectivity index (χ0n) is 11.6. The van der Waals surface area contributed by atoms with Crippen molar-refractivity contribution in [3.05, 3.63) is 21.4 Å². The van der Waals surface area contributed by atoms with Crippen molar-refractivity contribution in [3.8, 4) is 0 Å². The summed E-state index contributed by atoms with van der Waals surface area (Å²) in [6.07, 6.45) is 3.77. The summed E-state index contributed by atoms with van der Waals surface area (Å²) in [6.45, 7) is 3.17. The maximum absolute atomic E-state index is 12.6. The predicted molar refractivity (Wildman–Crippen MR) is 77.2 cm³/mol. The molecule has 0 spiro atoms. The van der Waals surface area contributed by atoms with Gasteiger partial charge >= 0.3 is 5.97 Å². The molecule has 1 aliphatic heterocycles. The molecule has 1 aliphatic carbocycles. The van der Waals surface area contributed by atoms with Crippen molar-refractivity contribution in [2.24, 2.45) is 11.8 Å². The number of rotatable bonds is 2. The fraction of sp³-hybridized carbons (Fsp3) is 0.600. The molecule has 2 atom stereocenters. The van der Waals surface area contributed by atoms with Gasteiger partial charge < -0.3 is 10.0 Å². The Morgan fingerprint density at radius 1 is 1.40 bits per heavy atom. The lowest BCUT2D eigenvalue weighted by molar-refractivity contribution is -0.141. The van der Waals surface area contributed by atoms with Gasteiger partial charge in [-0.05, 0) is 37.2 Å². The summed E-state index contributed by atoms with van der Waals surface area (Å²) in [5.74, 6) is -0.456. The average Bonchev–Trinajstić information content (AvgIpc) is 3.04. The minimum Gasteiger partial charge on any atom is -0.481 e. The number of carboxylic acids is 1. The first-order valence-electron chi connectivity index (χ1n) is 7.17. The van der Waals surface area contributed by atoms with Crippen LogP contribution in [0.2, 0.25) is 0 Å². The summed E-state index contributed by atoms with van der Waals surface area (Å²) in [7, 11) is 0. The number of hydrogen-bond acceptors (Lipinski definition) is 3. The van der Waals surface area contributed by atoms with Crippen LogP contribution >= 0.6 is 11.3 Å². The molecule has 20 heavy (non-hydrogen) atoms. The molecule has 1 aromatic rings. The molecule has 5 heteroatoms. The number of aliphatic carboxylic acids is 1. The smallest absolute Gasteiger partial charge is 0.308 e. The van der Waals surface area contributed by atoms with E-state index in [1.54, 1.807) is 16.2 Å². The van der Waals surface area contributed by atoms with E-state index in [0.717, 1.165) is 24.8 Å². The van der Waals surface area contributed by atoms with Crippen molar-refractivity contribution in [1.82, 2.24) is 4.90 Å². The summed E-state index contributed by atoms with van der Waals surface area (Å²) in [5.41, 5.74) is 2.04. The van der Waals surface area contributed by atoms with E-state index in [0.29, 0.717) is 25.4 Å². The SMILES string of the molecule is C[C@@H]1CCc2c(C(=O)N3CC[C@@H](C(=O)O)C3)csc2C1. The summed E-state index contributed by atoms with van der Waals surface area (Å²) in [4.78, 5) is 26.6. The largest absolute Gasteiger partial charge is 0.481 e. The summed E-state index contributed by atoms with van der Waals surface area (Å²) in [6, 6.07) is 0. The highest BCUT2D eigenvalue weighted by Gasteiger charge is 2.33. The van der Waals surface area contributed by atoms with Crippen LogP contribution in [0.4, 0.5) is 0 Å². The molecule has 1 amide bonds. The third-order valence-electron chi connectivity index (χ3n) is 4.46. The highest BCUT2D eigenvalue weighted by atomic mass is 32.1. The molecule has 0 bridgehead atoms. The van der Waals surface area contributed by atoms with Crippen molar-refractivity contribution in [2.75, 3.05) is 13.1 Å². The number of carboxylic acid groups (broad SMARTS) is 1. The molecule has 108 valence electrons. The number of amides is 1. The fourth-order valence-electron chi connectivity index (χ4n) is 3.17. The highest BCUT2D eigenvalue weighted by molar-refractivity contribution is 7.10. The third-order valence-corrected chi connectivity index (χ3v) is 5.51. The van der Waals surface area contributed by atoms with Gasteiger partial charge in [0, 0.05) is 23.3 Å². The van der Waals surface area contributed by atoms with Gasteiger partial charge in [0.05, 0.1) is 11.5 Å². The first-order chi connectivity index (χ1) is 9.56. The third kappa shape index (κ3) is 2.35. The summed E-state index contributed by atoms with van der Waals surface area (Å²) >= 11 is 1.69. The fourth-order valence-corrected chi connectivity index (χ4v) is 4.41. The first-order valence-corrected chi connectivity index (χ1v) is 8.05. The number of carbonyl (C=O) groups excluding carboxylic acids is 1. The lowest BCUT2D eigenvalue weighted by Crippen LogP contribution is -2.30. The maximum Gasteiger partial charge on any atom is 0.308 e. The van der Waals surface area contributed by atoms with Crippen molar-refractivity contribution >= 4 is 23.2 Å². The molecule has 1 saturated heterocycles. The highest BCUT2D eigenvalue weighted by Crippen LogP contribution is 2.34. The molecule has 1 fully saturated rings. The average molecular weight is 293 g/mol. The second-order valence-electron chi connectivity index (χ2n) is 5.97. The molecular weight excluding hydrogens is 274 g/mol. The molecule has 0 saturated carbocycles. The van der Waals surface area contributed by atoms with Crippen LogP contribution in [0.3, 0.4) is 0 Å². The molecule has 2 aliphatic rings. The topological polar surface area (TPSA) is 57.6 Å². The van der Waals surface area contributed by atoms with Gasteiger partial charge in [-0.2, -0.15) is 0 Å². The number of hydrogen-bond donors (Lipinski definition) is 1. The van der Waals surface area contributed by atoms with Crippen LogP contribution in [0, 0.1) is 11.8 Å². The van der Waals surface area contributed by atoms with Crippen LogP contribution in [0.25, 0.3) is 0 Å². The van der Waals surface area contributed by atoms with E-state index in [1.807, 2.05) is 5.38 Å². The van der Waals surface area contributed by atoms with Crippen LogP contribution in [0.15, 0.2) is 5.38 Å². The minimum atomic E-state index is -0.790. The van der Waals surface area contributed by atoms with Crippen LogP contribution in [0.5, 0.6) is 0 Å². The monoisotopic (exact) mass is 293 g/mol. The van der Waals surface area contributed by atoms with Crippen molar-refractivity contribution in [2.45, 2.75) is 32.6 Å². The van der Waals surface area contributed by atoms with Gasteiger partial charge in [0.2, 0.25) is 0 Å². The van der Waals surface area contributed by atoms with Crippen LogP contribution in [0.1, 0.15) is 40.6 Å². The number of likely N-dealkylation sites (tertiary alicyclic amines) is 1. The van der Waals surface area contributed by atoms with Crippen molar-refractivity contribution in [1.29, 1.82) is 0 Å². The van der Waals surface area contributed by atoms with Crippen molar-refractivity contribution in [3.63, 3.8) is 0 Å². The molecular formula is C15H19NO3S. The van der Waals surface area contributed by atoms with Crippen LogP contribution in [-0.4, -0.2) is 35.0 Å². The number of carbonyl (C=O) groups is 2. The zero-order valence-corrected chi connectivity index (χ0v) is 12.4. The Bertz CT molecular complexity index is 551. The Morgan fingerprint density at radius 2 is 2.20 bits per heavy atom. The van der Waals surface area contributed by atoms with Gasteiger partial charge in [0.1, 0.15) is 0 Å². The molecule has 0 unspecified atom stereocenters. The number of thiophene rings is 1. The molecule has 0 aromatic carbocycles. The van der Waals surface area contributed by atoms with E-state index < -0.39 is 11.9 Å². The Hall–Kier alpha value is -1.36. The van der Waals surface area contributed by atoms with Gasteiger partial charge in [-0.15, -0.1) is 11.3 Å². The first kappa shape index (κ1) is 13.6. The molecule has 3 rings (SSSR count).